The monoisotopic (exact) mass is 808 g/mol. The number of hydrogen-bond acceptors (Lipinski definition) is 6. The first-order chi connectivity index (χ1) is 23.8. The number of benzene rings is 4. The Morgan fingerprint density at radius 1 is 0.333 bits per heavy atom. The van der Waals surface area contributed by atoms with E-state index in [1.165, 1.54) is 0 Å². The third-order valence-electron chi connectivity index (χ3n) is 8.24. The van der Waals surface area contributed by atoms with Gasteiger partial charge in [-0.15, -0.1) is 0 Å². The Hall–Kier alpha value is -1.84. The molecule has 51 heavy (non-hydrogen) atoms. The summed E-state index contributed by atoms with van der Waals surface area (Å²) in [6.07, 6.45) is 0. The molecule has 0 saturated heterocycles. The molecule has 6 nitrogen and oxygen atoms in total. The van der Waals surface area contributed by atoms with E-state index in [1.807, 2.05) is 24.3 Å². The molecule has 0 aliphatic heterocycles. The lowest BCUT2D eigenvalue weighted by molar-refractivity contribution is 0.269. The molecule has 0 aliphatic carbocycles. The van der Waals surface area contributed by atoms with Crippen molar-refractivity contribution in [1.82, 2.24) is 0 Å². The van der Waals surface area contributed by atoms with Crippen molar-refractivity contribution in [2.75, 3.05) is 0 Å². The van der Waals surface area contributed by atoms with Gasteiger partial charge in [0.1, 0.15) is 0 Å². The standard InChI is InChI=1S/C38H60O6Si7/c1-13-49(14-2,41-47(9,10)43-50(39-45(3,4)5,35-27-19-15-20-28-35)36-29-21-16-22-30-36)42-48(11,12)44-51(40-46(6,7)8,37-31-23-17-24-32-37)38-33-25-18-26-34-38/h15-34H,13-14H2,1-12H3. The van der Waals surface area contributed by atoms with Crippen LogP contribution in [0.4, 0.5) is 0 Å². The van der Waals surface area contributed by atoms with Crippen molar-refractivity contribution in [2.45, 2.75) is 91.4 Å². The van der Waals surface area contributed by atoms with Gasteiger partial charge < -0.3 is 24.7 Å². The van der Waals surface area contributed by atoms with Crippen LogP contribution >= 0.6 is 0 Å². The van der Waals surface area contributed by atoms with Gasteiger partial charge >= 0.3 is 42.8 Å². The number of rotatable bonds is 18. The van der Waals surface area contributed by atoms with Crippen LogP contribution in [0.5, 0.6) is 0 Å². The fourth-order valence-corrected chi connectivity index (χ4v) is 38.6. The van der Waals surface area contributed by atoms with Crippen molar-refractivity contribution in [3.63, 3.8) is 0 Å². The first-order valence-corrected chi connectivity index (χ1v) is 36.5. The van der Waals surface area contributed by atoms with Crippen molar-refractivity contribution < 1.29 is 24.7 Å². The molecule has 0 N–H and O–H groups in total. The molecule has 0 unspecified atom stereocenters. The average molecular weight is 809 g/mol. The minimum absolute atomic E-state index is 0.767. The van der Waals surface area contributed by atoms with Gasteiger partial charge in [-0.05, 0) is 98.3 Å². The second-order valence-corrected chi connectivity index (χ2v) is 42.9. The van der Waals surface area contributed by atoms with Crippen molar-refractivity contribution >= 4 is 80.2 Å². The van der Waals surface area contributed by atoms with Crippen LogP contribution < -0.4 is 20.7 Å². The van der Waals surface area contributed by atoms with E-state index < -0.39 is 59.4 Å². The molecule has 0 heterocycles. The van der Waals surface area contributed by atoms with E-state index in [1.54, 1.807) is 0 Å². The third-order valence-corrected chi connectivity index (χ3v) is 35.1. The zero-order chi connectivity index (χ0) is 37.6. The summed E-state index contributed by atoms with van der Waals surface area (Å²) in [6.45, 7) is 26.5. The summed E-state index contributed by atoms with van der Waals surface area (Å²) in [6, 6.07) is 43.6. The fourth-order valence-electron chi connectivity index (χ4n) is 6.53. The molecule has 0 saturated carbocycles. The van der Waals surface area contributed by atoms with Crippen LogP contribution in [-0.2, 0) is 24.7 Å². The Balaban J connectivity index is 1.78. The summed E-state index contributed by atoms with van der Waals surface area (Å²) in [7, 11) is -19.5. The van der Waals surface area contributed by atoms with Gasteiger partial charge in [0.15, 0.2) is 16.6 Å². The van der Waals surface area contributed by atoms with Gasteiger partial charge in [0.05, 0.1) is 0 Å². The number of hydrogen-bond donors (Lipinski definition) is 0. The molecule has 0 aliphatic rings. The highest BCUT2D eigenvalue weighted by molar-refractivity contribution is 7.04. The lowest BCUT2D eigenvalue weighted by Gasteiger charge is -2.47. The van der Waals surface area contributed by atoms with Gasteiger partial charge in [0.2, 0.25) is 0 Å². The quantitative estimate of drug-likeness (QED) is 0.0947. The summed E-state index contributed by atoms with van der Waals surface area (Å²) >= 11 is 0. The Kier molecular flexibility index (Phi) is 13.7. The highest BCUT2D eigenvalue weighted by Gasteiger charge is 2.56. The Morgan fingerprint density at radius 3 is 0.765 bits per heavy atom. The molecule has 0 fully saturated rings. The minimum atomic E-state index is -3.22. The van der Waals surface area contributed by atoms with E-state index in [4.69, 9.17) is 24.7 Å². The van der Waals surface area contributed by atoms with Gasteiger partial charge in [0, 0.05) is 0 Å². The van der Waals surface area contributed by atoms with Gasteiger partial charge in [-0.2, -0.15) is 0 Å². The van der Waals surface area contributed by atoms with Crippen molar-refractivity contribution in [2.24, 2.45) is 0 Å². The molecular weight excluding hydrogens is 749 g/mol. The predicted octanol–water partition coefficient (Wildman–Crippen LogP) is 8.15. The topological polar surface area (TPSA) is 55.4 Å². The van der Waals surface area contributed by atoms with Gasteiger partial charge in [-0.1, -0.05) is 135 Å². The molecule has 0 amide bonds. The Labute approximate surface area is 316 Å². The second-order valence-electron chi connectivity index (χ2n) is 16.0. The average Bonchev–Trinajstić information content (AvgIpc) is 3.07. The first kappa shape index (κ1) is 41.9. The van der Waals surface area contributed by atoms with E-state index in [0.29, 0.717) is 0 Å². The van der Waals surface area contributed by atoms with Gasteiger partial charge in [-0.3, -0.25) is 0 Å². The van der Waals surface area contributed by atoms with E-state index in [2.05, 4.69) is 176 Å². The third kappa shape index (κ3) is 11.1. The SMILES string of the molecule is CC[Si](CC)(O[Si](C)(C)O[Si](O[Si](C)(C)C)(c1ccccc1)c1ccccc1)O[Si](C)(C)O[Si](O[Si](C)(C)C)(c1ccccc1)c1ccccc1. The summed E-state index contributed by atoms with van der Waals surface area (Å²) in [5, 5.41) is 4.36. The zero-order valence-corrected chi connectivity index (χ0v) is 39.9. The molecule has 0 aromatic heterocycles. The molecule has 13 heteroatoms. The van der Waals surface area contributed by atoms with Crippen LogP contribution in [0.2, 0.25) is 77.6 Å². The fraction of sp³-hybridized carbons (Fsp3) is 0.368. The molecule has 0 bridgehead atoms. The lowest BCUT2D eigenvalue weighted by Crippen LogP contribution is -2.72. The minimum Gasteiger partial charge on any atom is -0.430 e. The summed E-state index contributed by atoms with van der Waals surface area (Å²) in [5.41, 5.74) is 0. The van der Waals surface area contributed by atoms with Crippen LogP contribution in [0.1, 0.15) is 13.8 Å². The maximum absolute atomic E-state index is 7.54. The smallest absolute Gasteiger partial charge is 0.388 e. The molecule has 0 atom stereocenters. The second kappa shape index (κ2) is 16.7. The van der Waals surface area contributed by atoms with Crippen LogP contribution in [-0.4, -0.2) is 59.4 Å². The maximum Gasteiger partial charge on any atom is 0.388 e. The summed E-state index contributed by atoms with van der Waals surface area (Å²) < 4.78 is 44.5. The molecule has 0 radical (unpaired) electrons. The molecule has 276 valence electrons. The molecule has 4 rings (SSSR count). The van der Waals surface area contributed by atoms with Crippen molar-refractivity contribution in [3.05, 3.63) is 121 Å². The summed E-state index contributed by atoms with van der Waals surface area (Å²) in [4.78, 5) is 0. The molecule has 4 aromatic carbocycles. The van der Waals surface area contributed by atoms with Crippen LogP contribution in [0.25, 0.3) is 0 Å². The van der Waals surface area contributed by atoms with Crippen LogP contribution in [0, 0.1) is 0 Å². The zero-order valence-electron chi connectivity index (χ0n) is 32.9. The lowest BCUT2D eigenvalue weighted by atomic mass is 10.4. The van der Waals surface area contributed by atoms with Crippen LogP contribution in [0.15, 0.2) is 121 Å². The summed E-state index contributed by atoms with van der Waals surface area (Å²) in [5.74, 6) is 0. The maximum atomic E-state index is 7.54. The van der Waals surface area contributed by atoms with E-state index in [-0.39, 0.29) is 0 Å². The highest BCUT2D eigenvalue weighted by atomic mass is 28.5. The largest absolute Gasteiger partial charge is 0.430 e. The predicted molar refractivity (Wildman–Crippen MR) is 231 cm³/mol. The van der Waals surface area contributed by atoms with Gasteiger partial charge in [0.25, 0.3) is 0 Å². The van der Waals surface area contributed by atoms with E-state index in [0.717, 1.165) is 32.8 Å². The molecule has 4 aromatic rings. The normalized spacial score (nSPS) is 13.7. The first-order valence-electron chi connectivity index (χ1n) is 18.2. The molecule has 0 spiro atoms. The van der Waals surface area contributed by atoms with Crippen molar-refractivity contribution in [1.29, 1.82) is 0 Å². The van der Waals surface area contributed by atoms with Gasteiger partial charge in [-0.25, -0.2) is 0 Å². The van der Waals surface area contributed by atoms with Crippen LogP contribution in [0.3, 0.4) is 0 Å². The Bertz CT molecular complexity index is 1440. The molecular formula is C38H60O6Si7. The Morgan fingerprint density at radius 2 is 0.569 bits per heavy atom. The van der Waals surface area contributed by atoms with E-state index >= 15 is 0 Å². The van der Waals surface area contributed by atoms with E-state index in [9.17, 15) is 0 Å². The highest BCUT2D eigenvalue weighted by Crippen LogP contribution is 2.32. The van der Waals surface area contributed by atoms with Crippen molar-refractivity contribution in [3.8, 4) is 0 Å².